The zero-order valence-electron chi connectivity index (χ0n) is 10.0. The van der Waals surface area contributed by atoms with Gasteiger partial charge in [-0.2, -0.15) is 0 Å². The first-order valence-corrected chi connectivity index (χ1v) is 6.26. The van der Waals surface area contributed by atoms with Crippen LogP contribution in [0.15, 0.2) is 41.1 Å². The number of nitrogens with zero attached hydrogens (tertiary/aromatic N) is 1. The largest absolute Gasteiger partial charge is 0.505 e. The van der Waals surface area contributed by atoms with Gasteiger partial charge in [0, 0.05) is 10.7 Å². The molecule has 1 aromatic heterocycles. The number of hydrogen-bond acceptors (Lipinski definition) is 4. The smallest absolute Gasteiger partial charge is 0.337 e. The molecule has 7 heteroatoms. The Labute approximate surface area is 122 Å². The van der Waals surface area contributed by atoms with Gasteiger partial charge in [-0.1, -0.05) is 6.07 Å². The first-order chi connectivity index (χ1) is 9.50. The second-order valence-corrected chi connectivity index (χ2v) is 4.67. The van der Waals surface area contributed by atoms with Crippen molar-refractivity contribution in [2.45, 2.75) is 0 Å². The monoisotopic (exact) mass is 336 g/mol. The molecule has 0 aliphatic carbocycles. The van der Waals surface area contributed by atoms with Gasteiger partial charge in [-0.25, -0.2) is 4.79 Å². The Hall–Kier alpha value is -2.41. The van der Waals surface area contributed by atoms with E-state index in [-0.39, 0.29) is 22.6 Å². The van der Waals surface area contributed by atoms with Crippen LogP contribution < -0.4 is 5.32 Å². The second-order valence-electron chi connectivity index (χ2n) is 3.81. The molecule has 0 saturated heterocycles. The fraction of sp³-hybridized carbons (Fsp3) is 0. The number of aromatic nitrogens is 1. The van der Waals surface area contributed by atoms with E-state index < -0.39 is 11.9 Å². The molecule has 0 saturated carbocycles. The van der Waals surface area contributed by atoms with Gasteiger partial charge in [0.25, 0.3) is 5.91 Å². The molecule has 3 N–H and O–H groups in total. The first-order valence-electron chi connectivity index (χ1n) is 5.47. The average Bonchev–Trinajstić information content (AvgIpc) is 2.41. The Morgan fingerprint density at radius 3 is 2.60 bits per heavy atom. The number of carbonyl (C=O) groups excluding carboxylic acids is 1. The first kappa shape index (κ1) is 14.0. The Kier molecular flexibility index (Phi) is 3.99. The van der Waals surface area contributed by atoms with Crippen molar-refractivity contribution in [3.8, 4) is 5.75 Å². The highest BCUT2D eigenvalue weighted by molar-refractivity contribution is 9.10. The van der Waals surface area contributed by atoms with Crippen molar-refractivity contribution in [1.82, 2.24) is 4.98 Å². The Bertz CT molecular complexity index is 688. The molecule has 1 heterocycles. The van der Waals surface area contributed by atoms with Crippen molar-refractivity contribution in [3.05, 3.63) is 52.3 Å². The minimum Gasteiger partial charge on any atom is -0.505 e. The maximum Gasteiger partial charge on any atom is 0.337 e. The highest BCUT2D eigenvalue weighted by atomic mass is 79.9. The Morgan fingerprint density at radius 1 is 1.20 bits per heavy atom. The number of nitrogens with one attached hydrogen (secondary N) is 1. The number of para-hydroxylation sites is 1. The number of anilines is 1. The van der Waals surface area contributed by atoms with Crippen molar-refractivity contribution in [2.24, 2.45) is 0 Å². The third kappa shape index (κ3) is 2.77. The van der Waals surface area contributed by atoms with Crippen molar-refractivity contribution in [2.75, 3.05) is 5.32 Å². The maximum absolute atomic E-state index is 12.0. The number of hydrogen-bond donors (Lipinski definition) is 3. The maximum atomic E-state index is 12.0. The predicted octanol–water partition coefficient (Wildman–Crippen LogP) is 2.50. The van der Waals surface area contributed by atoms with E-state index in [0.29, 0.717) is 4.47 Å². The number of carboxylic acid groups (broad SMARTS) is 1. The Balaban J connectivity index is 2.38. The number of carboxylic acids is 1. The molecule has 0 unspecified atom stereocenters. The summed E-state index contributed by atoms with van der Waals surface area (Å²) in [5.74, 6) is -2.08. The summed E-state index contributed by atoms with van der Waals surface area (Å²) in [5, 5.41) is 21.1. The molecule has 0 bridgehead atoms. The van der Waals surface area contributed by atoms with Crippen LogP contribution in [0.5, 0.6) is 5.75 Å². The molecule has 0 atom stereocenters. The van der Waals surface area contributed by atoms with Crippen molar-refractivity contribution in [1.29, 1.82) is 0 Å². The van der Waals surface area contributed by atoms with E-state index in [9.17, 15) is 14.7 Å². The molecule has 20 heavy (non-hydrogen) atoms. The molecule has 2 rings (SSSR count). The minimum absolute atomic E-state index is 0.00657. The topological polar surface area (TPSA) is 99.5 Å². The normalized spacial score (nSPS) is 10.1. The van der Waals surface area contributed by atoms with E-state index in [2.05, 4.69) is 26.2 Å². The molecule has 2 aromatic rings. The number of carbonyl (C=O) groups is 2. The van der Waals surface area contributed by atoms with Gasteiger partial charge < -0.3 is 15.5 Å². The molecule has 102 valence electrons. The van der Waals surface area contributed by atoms with E-state index in [1.165, 1.54) is 18.3 Å². The lowest BCUT2D eigenvalue weighted by molar-refractivity contribution is 0.0698. The Morgan fingerprint density at radius 2 is 1.95 bits per heavy atom. The van der Waals surface area contributed by atoms with Crippen LogP contribution in [0.3, 0.4) is 0 Å². The fourth-order valence-electron chi connectivity index (χ4n) is 1.59. The van der Waals surface area contributed by atoms with Crippen LogP contribution in [0, 0.1) is 0 Å². The summed E-state index contributed by atoms with van der Waals surface area (Å²) in [6.07, 6.45) is 2.49. The van der Waals surface area contributed by atoms with Crippen molar-refractivity contribution >= 4 is 33.5 Å². The number of benzene rings is 1. The van der Waals surface area contributed by atoms with Crippen LogP contribution in [0.1, 0.15) is 20.7 Å². The van der Waals surface area contributed by atoms with Gasteiger partial charge in [0.1, 0.15) is 5.75 Å². The number of rotatable bonds is 3. The second kappa shape index (κ2) is 5.70. The number of aromatic hydroxyl groups is 1. The molecule has 0 fully saturated rings. The van der Waals surface area contributed by atoms with Gasteiger partial charge in [0.15, 0.2) is 0 Å². The lowest BCUT2D eigenvalue weighted by Gasteiger charge is -2.11. The molecular weight excluding hydrogens is 328 g/mol. The number of amides is 1. The van der Waals surface area contributed by atoms with Crippen LogP contribution in [0.2, 0.25) is 0 Å². The zero-order valence-corrected chi connectivity index (χ0v) is 11.6. The van der Waals surface area contributed by atoms with Gasteiger partial charge in [-0.15, -0.1) is 0 Å². The average molecular weight is 337 g/mol. The minimum atomic E-state index is -1.17. The van der Waals surface area contributed by atoms with Crippen LogP contribution in [-0.2, 0) is 0 Å². The third-order valence-corrected chi connectivity index (χ3v) is 3.19. The lowest BCUT2D eigenvalue weighted by atomic mass is 10.1. The summed E-state index contributed by atoms with van der Waals surface area (Å²) in [6.45, 7) is 0. The fourth-order valence-corrected chi connectivity index (χ4v) is 2.05. The highest BCUT2D eigenvalue weighted by Crippen LogP contribution is 2.27. The van der Waals surface area contributed by atoms with Crippen molar-refractivity contribution in [3.63, 3.8) is 0 Å². The summed E-state index contributed by atoms with van der Waals surface area (Å²) >= 11 is 3.18. The summed E-state index contributed by atoms with van der Waals surface area (Å²) < 4.78 is 0.430. The zero-order chi connectivity index (χ0) is 14.7. The molecule has 1 amide bonds. The predicted molar refractivity (Wildman–Crippen MR) is 75.0 cm³/mol. The number of halogens is 1. The van der Waals surface area contributed by atoms with E-state index in [0.717, 1.165) is 6.20 Å². The molecular formula is C13H9BrN2O4. The summed E-state index contributed by atoms with van der Waals surface area (Å²) in [4.78, 5) is 26.8. The lowest BCUT2D eigenvalue weighted by Crippen LogP contribution is -2.15. The van der Waals surface area contributed by atoms with Gasteiger partial charge in [-0.05, 0) is 34.1 Å². The summed E-state index contributed by atoms with van der Waals surface area (Å²) in [5.41, 5.74) is 0.0783. The van der Waals surface area contributed by atoms with Gasteiger partial charge in [0.05, 0.1) is 23.0 Å². The summed E-state index contributed by atoms with van der Waals surface area (Å²) in [7, 11) is 0. The quantitative estimate of drug-likeness (QED) is 0.799. The third-order valence-electron chi connectivity index (χ3n) is 2.53. The van der Waals surface area contributed by atoms with Crippen LogP contribution >= 0.6 is 15.9 Å². The van der Waals surface area contributed by atoms with E-state index in [4.69, 9.17) is 5.11 Å². The molecule has 0 aliphatic rings. The molecule has 0 spiro atoms. The highest BCUT2D eigenvalue weighted by Gasteiger charge is 2.17. The van der Waals surface area contributed by atoms with Gasteiger partial charge in [-0.3, -0.25) is 9.78 Å². The van der Waals surface area contributed by atoms with Crippen molar-refractivity contribution < 1.29 is 19.8 Å². The van der Waals surface area contributed by atoms with E-state index >= 15 is 0 Å². The van der Waals surface area contributed by atoms with E-state index in [1.807, 2.05) is 0 Å². The summed E-state index contributed by atoms with van der Waals surface area (Å²) in [6, 6.07) is 5.86. The molecule has 1 aromatic carbocycles. The van der Waals surface area contributed by atoms with E-state index in [1.54, 1.807) is 12.1 Å². The molecule has 0 aliphatic heterocycles. The molecule has 6 nitrogen and oxygen atoms in total. The SMILES string of the molecule is O=C(Nc1c(Br)cccc1C(=O)O)c1ccncc1O. The number of aromatic carboxylic acids is 1. The van der Waals surface area contributed by atoms with Crippen LogP contribution in [-0.4, -0.2) is 27.1 Å². The number of pyridine rings is 1. The van der Waals surface area contributed by atoms with Gasteiger partial charge in [0.2, 0.25) is 0 Å². The standard InChI is InChI=1S/C13H9BrN2O4/c14-9-3-1-2-8(13(19)20)11(9)16-12(18)7-4-5-15-6-10(7)17/h1-6,17H,(H,16,18)(H,19,20). The van der Waals surface area contributed by atoms with Gasteiger partial charge >= 0.3 is 5.97 Å². The molecule has 0 radical (unpaired) electrons. The van der Waals surface area contributed by atoms with Crippen LogP contribution in [0.25, 0.3) is 0 Å². The van der Waals surface area contributed by atoms with Crippen LogP contribution in [0.4, 0.5) is 5.69 Å².